The van der Waals surface area contributed by atoms with Gasteiger partial charge in [0, 0.05) is 37.4 Å². The van der Waals surface area contributed by atoms with Gasteiger partial charge in [-0.05, 0) is 43.7 Å². The lowest BCUT2D eigenvalue weighted by Crippen LogP contribution is -2.53. The fraction of sp³-hybridized carbons (Fsp3) is 0.364. The molecule has 0 radical (unpaired) electrons. The summed E-state index contributed by atoms with van der Waals surface area (Å²) in [6, 6.07) is 12.4. The number of carbonyl (C=O) groups is 1. The van der Waals surface area contributed by atoms with E-state index in [9.17, 15) is 18.0 Å². The zero-order chi connectivity index (χ0) is 23.0. The second kappa shape index (κ2) is 8.44. The van der Waals surface area contributed by atoms with Crippen molar-refractivity contribution in [2.45, 2.75) is 31.3 Å². The highest BCUT2D eigenvalue weighted by molar-refractivity contribution is 7.89. The average molecular weight is 460 g/mol. The fourth-order valence-corrected chi connectivity index (χ4v) is 5.56. The summed E-state index contributed by atoms with van der Waals surface area (Å²) >= 11 is 0. The lowest BCUT2D eigenvalue weighted by Gasteiger charge is -2.40. The van der Waals surface area contributed by atoms with Gasteiger partial charge >= 0.3 is 11.7 Å². The molecular formula is C22H25N3O6S. The lowest BCUT2D eigenvalue weighted by molar-refractivity contribution is -0.141. The van der Waals surface area contributed by atoms with Crippen LogP contribution in [0.1, 0.15) is 12.5 Å². The number of oxazole rings is 1. The van der Waals surface area contributed by atoms with Crippen LogP contribution in [0.25, 0.3) is 11.1 Å². The topological polar surface area (TPSA) is 102 Å². The van der Waals surface area contributed by atoms with Gasteiger partial charge in [-0.15, -0.1) is 0 Å². The lowest BCUT2D eigenvalue weighted by atomic mass is 10.1. The van der Waals surface area contributed by atoms with E-state index in [1.54, 1.807) is 0 Å². The number of piperazine rings is 1. The standard InChI is InChI=1S/C22H25N3O6S/c1-15-5-4-6-17(11-15)24-10-9-23(13-16(24)2)32(28,29)18-7-8-19-20(12-18)31-22(27)25(19)14-21(26)30-3/h4-8,11-12,16H,9-10,13-14H2,1-3H3/t16-/m0/s1. The van der Waals surface area contributed by atoms with Crippen molar-refractivity contribution in [3.05, 3.63) is 58.6 Å². The number of esters is 1. The van der Waals surface area contributed by atoms with E-state index in [-0.39, 0.29) is 23.1 Å². The molecule has 0 aliphatic carbocycles. The molecule has 10 heteroatoms. The van der Waals surface area contributed by atoms with Gasteiger partial charge in [-0.1, -0.05) is 12.1 Å². The molecule has 0 saturated carbocycles. The Morgan fingerprint density at radius 3 is 2.66 bits per heavy atom. The highest BCUT2D eigenvalue weighted by atomic mass is 32.2. The molecule has 1 aliphatic heterocycles. The monoisotopic (exact) mass is 459 g/mol. The number of nitrogens with zero attached hydrogens (tertiary/aromatic N) is 3. The summed E-state index contributed by atoms with van der Waals surface area (Å²) in [4.78, 5) is 25.9. The fourth-order valence-electron chi connectivity index (χ4n) is 4.03. The second-order valence-corrected chi connectivity index (χ2v) is 9.84. The van der Waals surface area contributed by atoms with Crippen LogP contribution >= 0.6 is 0 Å². The molecule has 9 nitrogen and oxygen atoms in total. The molecule has 0 unspecified atom stereocenters. The van der Waals surface area contributed by atoms with Gasteiger partial charge in [-0.3, -0.25) is 9.36 Å². The van der Waals surface area contributed by atoms with Gasteiger partial charge in [0.05, 0.1) is 17.5 Å². The Balaban J connectivity index is 1.58. The van der Waals surface area contributed by atoms with Gasteiger partial charge in [0.25, 0.3) is 0 Å². The predicted molar refractivity (Wildman–Crippen MR) is 119 cm³/mol. The first-order valence-electron chi connectivity index (χ1n) is 10.2. The Hall–Kier alpha value is -3.11. The average Bonchev–Trinajstić information content (AvgIpc) is 3.07. The van der Waals surface area contributed by atoms with E-state index in [0.29, 0.717) is 25.2 Å². The molecule has 2 aromatic carbocycles. The number of anilines is 1. The van der Waals surface area contributed by atoms with E-state index >= 15 is 0 Å². The van der Waals surface area contributed by atoms with Crippen molar-refractivity contribution >= 4 is 32.8 Å². The van der Waals surface area contributed by atoms with Crippen LogP contribution in [0.2, 0.25) is 0 Å². The zero-order valence-electron chi connectivity index (χ0n) is 18.1. The zero-order valence-corrected chi connectivity index (χ0v) is 19.0. The van der Waals surface area contributed by atoms with Gasteiger partial charge in [0.1, 0.15) is 6.54 Å². The predicted octanol–water partition coefficient (Wildman–Crippen LogP) is 1.98. The van der Waals surface area contributed by atoms with Crippen molar-refractivity contribution in [2.24, 2.45) is 0 Å². The molecule has 0 spiro atoms. The number of hydrogen-bond acceptors (Lipinski definition) is 7. The van der Waals surface area contributed by atoms with Crippen LogP contribution in [0.15, 0.2) is 56.6 Å². The number of aryl methyl sites for hydroxylation is 1. The van der Waals surface area contributed by atoms with E-state index in [4.69, 9.17) is 4.42 Å². The Morgan fingerprint density at radius 1 is 1.19 bits per heavy atom. The third kappa shape index (κ3) is 4.03. The van der Waals surface area contributed by atoms with Crippen LogP contribution in [-0.4, -0.2) is 56.0 Å². The minimum atomic E-state index is -3.79. The Bertz CT molecular complexity index is 1330. The minimum Gasteiger partial charge on any atom is -0.468 e. The van der Waals surface area contributed by atoms with Crippen LogP contribution in [0, 0.1) is 6.92 Å². The molecule has 1 aromatic heterocycles. The number of aromatic nitrogens is 1. The molecule has 32 heavy (non-hydrogen) atoms. The maximum Gasteiger partial charge on any atom is 0.420 e. The van der Waals surface area contributed by atoms with E-state index in [2.05, 4.69) is 15.7 Å². The number of benzene rings is 2. The Kier molecular flexibility index (Phi) is 5.83. The third-order valence-corrected chi connectivity index (χ3v) is 7.58. The number of rotatable bonds is 5. The van der Waals surface area contributed by atoms with Gasteiger partial charge in [-0.2, -0.15) is 4.31 Å². The summed E-state index contributed by atoms with van der Waals surface area (Å²) in [5.41, 5.74) is 2.66. The number of sulfonamides is 1. The molecule has 1 saturated heterocycles. The number of hydrogen-bond donors (Lipinski definition) is 0. The number of carbonyl (C=O) groups excluding carboxylic acids is 1. The first kappa shape index (κ1) is 22.1. The van der Waals surface area contributed by atoms with Crippen molar-refractivity contribution in [3.8, 4) is 0 Å². The van der Waals surface area contributed by atoms with Gasteiger partial charge in [-0.25, -0.2) is 13.2 Å². The van der Waals surface area contributed by atoms with E-state index in [0.717, 1.165) is 15.8 Å². The summed E-state index contributed by atoms with van der Waals surface area (Å²) < 4.78 is 38.9. The molecule has 2 heterocycles. The normalized spacial score (nSPS) is 17.6. The summed E-state index contributed by atoms with van der Waals surface area (Å²) in [7, 11) is -2.57. The maximum absolute atomic E-state index is 13.3. The first-order chi connectivity index (χ1) is 15.2. The van der Waals surface area contributed by atoms with Crippen LogP contribution in [-0.2, 0) is 26.1 Å². The third-order valence-electron chi connectivity index (χ3n) is 5.72. The number of methoxy groups -OCH3 is 1. The molecule has 0 bridgehead atoms. The van der Waals surface area contributed by atoms with Crippen LogP contribution in [0.5, 0.6) is 0 Å². The molecule has 1 atom stereocenters. The molecule has 170 valence electrons. The second-order valence-electron chi connectivity index (χ2n) is 7.90. The Morgan fingerprint density at radius 2 is 1.97 bits per heavy atom. The first-order valence-corrected chi connectivity index (χ1v) is 11.7. The molecule has 3 aromatic rings. The molecule has 1 aliphatic rings. The van der Waals surface area contributed by atoms with Crippen LogP contribution in [0.3, 0.4) is 0 Å². The highest BCUT2D eigenvalue weighted by Crippen LogP contribution is 2.26. The summed E-state index contributed by atoms with van der Waals surface area (Å²) in [5, 5.41) is 0. The van der Waals surface area contributed by atoms with Gasteiger partial charge in [0.2, 0.25) is 10.0 Å². The smallest absolute Gasteiger partial charge is 0.420 e. The van der Waals surface area contributed by atoms with Gasteiger partial charge in [0.15, 0.2) is 5.58 Å². The molecule has 4 rings (SSSR count). The van der Waals surface area contributed by atoms with E-state index in [1.165, 1.54) is 29.6 Å². The van der Waals surface area contributed by atoms with E-state index < -0.39 is 21.7 Å². The van der Waals surface area contributed by atoms with Crippen molar-refractivity contribution < 1.29 is 22.4 Å². The summed E-state index contributed by atoms with van der Waals surface area (Å²) in [6.07, 6.45) is 0. The van der Waals surface area contributed by atoms with Crippen molar-refractivity contribution in [1.29, 1.82) is 0 Å². The van der Waals surface area contributed by atoms with Crippen LogP contribution in [0.4, 0.5) is 5.69 Å². The van der Waals surface area contributed by atoms with Crippen LogP contribution < -0.4 is 10.7 Å². The van der Waals surface area contributed by atoms with Gasteiger partial charge < -0.3 is 14.1 Å². The summed E-state index contributed by atoms with van der Waals surface area (Å²) in [5.74, 6) is -1.35. The number of ether oxygens (including phenoxy) is 1. The van der Waals surface area contributed by atoms with Crippen molar-refractivity contribution in [3.63, 3.8) is 0 Å². The highest BCUT2D eigenvalue weighted by Gasteiger charge is 2.33. The van der Waals surface area contributed by atoms with E-state index in [1.807, 2.05) is 32.0 Å². The largest absolute Gasteiger partial charge is 0.468 e. The minimum absolute atomic E-state index is 0.0110. The number of fused-ring (bicyclic) bond motifs is 1. The Labute approximate surface area is 185 Å². The molecular weight excluding hydrogens is 434 g/mol. The summed E-state index contributed by atoms with van der Waals surface area (Å²) in [6.45, 7) is 4.96. The quantitative estimate of drug-likeness (QED) is 0.538. The molecule has 1 fully saturated rings. The van der Waals surface area contributed by atoms with Crippen molar-refractivity contribution in [1.82, 2.24) is 8.87 Å². The SMILES string of the molecule is COC(=O)Cn1c(=O)oc2cc(S(=O)(=O)N3CCN(c4cccc(C)c4)[C@@H](C)C3)ccc21. The molecule has 0 N–H and O–H groups in total. The van der Waals surface area contributed by atoms with Crippen molar-refractivity contribution in [2.75, 3.05) is 31.6 Å². The molecule has 0 amide bonds. The maximum atomic E-state index is 13.3.